The van der Waals surface area contributed by atoms with Crippen LogP contribution in [0.25, 0.3) is 0 Å². The van der Waals surface area contributed by atoms with Gasteiger partial charge in [-0.25, -0.2) is 0 Å². The molecule has 0 fully saturated rings. The number of aliphatic imine (C=N–C) groups is 1. The van der Waals surface area contributed by atoms with Crippen LogP contribution in [0, 0.1) is 11.3 Å². The van der Waals surface area contributed by atoms with Gasteiger partial charge in [-0.2, -0.15) is 0 Å². The summed E-state index contributed by atoms with van der Waals surface area (Å²) in [5.41, 5.74) is 1.58. The monoisotopic (exact) mass is 151 g/mol. The summed E-state index contributed by atoms with van der Waals surface area (Å²) in [5.74, 6) is 0.668. The molecule has 0 aliphatic carbocycles. The van der Waals surface area contributed by atoms with Crippen LogP contribution in [0.1, 0.15) is 34.1 Å². The van der Waals surface area contributed by atoms with Crippen LogP contribution in [0.3, 0.4) is 0 Å². The topological polar surface area (TPSA) is 12.4 Å². The normalized spacial score (nSPS) is 25.1. The van der Waals surface area contributed by atoms with Crippen molar-refractivity contribution in [3.05, 3.63) is 12.3 Å². The van der Waals surface area contributed by atoms with Crippen LogP contribution in [0.15, 0.2) is 17.3 Å². The van der Waals surface area contributed by atoms with Gasteiger partial charge in [0.05, 0.1) is 0 Å². The summed E-state index contributed by atoms with van der Waals surface area (Å²) in [6.07, 6.45) is 5.23. The van der Waals surface area contributed by atoms with Crippen molar-refractivity contribution in [3.8, 4) is 0 Å². The third-order valence-corrected chi connectivity index (χ3v) is 2.03. The molecule has 0 aromatic carbocycles. The van der Waals surface area contributed by atoms with E-state index in [0.717, 1.165) is 6.42 Å². The molecule has 11 heavy (non-hydrogen) atoms. The Morgan fingerprint density at radius 1 is 1.45 bits per heavy atom. The van der Waals surface area contributed by atoms with E-state index >= 15 is 0 Å². The Bertz CT molecular complexity index is 193. The summed E-state index contributed by atoms with van der Waals surface area (Å²) in [7, 11) is 0. The molecule has 0 amide bonds. The number of hydrogen-bond donors (Lipinski definition) is 0. The highest BCUT2D eigenvalue weighted by Crippen LogP contribution is 2.24. The molecular formula is C10H17N. The Balaban J connectivity index is 2.75. The maximum absolute atomic E-state index is 4.39. The third kappa shape index (κ3) is 2.18. The Morgan fingerprint density at radius 2 is 2.09 bits per heavy atom. The first-order valence-electron chi connectivity index (χ1n) is 4.24. The number of hydrogen-bond acceptors (Lipinski definition) is 1. The molecule has 1 heterocycles. The van der Waals surface area contributed by atoms with Gasteiger partial charge in [0.2, 0.25) is 0 Å². The maximum atomic E-state index is 4.39. The molecule has 0 bridgehead atoms. The highest BCUT2D eigenvalue weighted by atomic mass is 14.7. The lowest BCUT2D eigenvalue weighted by molar-refractivity contribution is 0.557. The van der Waals surface area contributed by atoms with Crippen molar-refractivity contribution < 1.29 is 0 Å². The molecule has 1 rings (SSSR count). The fraction of sp³-hybridized carbons (Fsp3) is 0.700. The van der Waals surface area contributed by atoms with E-state index in [2.05, 4.69) is 38.8 Å². The van der Waals surface area contributed by atoms with E-state index in [0.29, 0.717) is 5.92 Å². The first-order chi connectivity index (χ1) is 5.00. The van der Waals surface area contributed by atoms with E-state index < -0.39 is 0 Å². The van der Waals surface area contributed by atoms with Crippen molar-refractivity contribution in [1.82, 2.24) is 0 Å². The molecule has 0 radical (unpaired) electrons. The van der Waals surface area contributed by atoms with Crippen molar-refractivity contribution in [2.45, 2.75) is 34.1 Å². The quantitative estimate of drug-likeness (QED) is 0.504. The second kappa shape index (κ2) is 2.80. The Hall–Kier alpha value is -0.590. The summed E-state index contributed by atoms with van der Waals surface area (Å²) in [6, 6.07) is 0. The van der Waals surface area contributed by atoms with Crippen molar-refractivity contribution >= 4 is 5.71 Å². The zero-order valence-electron chi connectivity index (χ0n) is 7.89. The summed E-state index contributed by atoms with van der Waals surface area (Å²) in [5, 5.41) is 0. The van der Waals surface area contributed by atoms with Crippen molar-refractivity contribution in [2.75, 3.05) is 0 Å². The van der Waals surface area contributed by atoms with Gasteiger partial charge >= 0.3 is 0 Å². The van der Waals surface area contributed by atoms with Crippen LogP contribution in [0.2, 0.25) is 0 Å². The average molecular weight is 151 g/mol. The minimum absolute atomic E-state index is 0.249. The van der Waals surface area contributed by atoms with Crippen LogP contribution in [-0.2, 0) is 0 Å². The van der Waals surface area contributed by atoms with Crippen molar-refractivity contribution in [1.29, 1.82) is 0 Å². The molecule has 0 spiro atoms. The fourth-order valence-corrected chi connectivity index (χ4v) is 1.21. The van der Waals surface area contributed by atoms with Crippen LogP contribution in [0.5, 0.6) is 0 Å². The Labute approximate surface area is 69.2 Å². The van der Waals surface area contributed by atoms with Gasteiger partial charge in [-0.15, -0.1) is 0 Å². The number of rotatable bonds is 0. The standard InChI is InChI=1S/C10H17N/c1-8-5-6-11-9(7-8)10(2,3)4/h5-6,8H,7H2,1-4H3. The maximum Gasteiger partial charge on any atom is 0.0238 e. The highest BCUT2D eigenvalue weighted by Gasteiger charge is 2.21. The summed E-state index contributed by atoms with van der Waals surface area (Å²) in [6.45, 7) is 8.89. The van der Waals surface area contributed by atoms with Gasteiger partial charge < -0.3 is 0 Å². The van der Waals surface area contributed by atoms with Gasteiger partial charge in [-0.1, -0.05) is 33.8 Å². The Kier molecular flexibility index (Phi) is 2.17. The largest absolute Gasteiger partial charge is 0.265 e. The van der Waals surface area contributed by atoms with Crippen LogP contribution >= 0.6 is 0 Å². The molecule has 0 aromatic heterocycles. The predicted molar refractivity (Wildman–Crippen MR) is 49.8 cm³/mol. The molecule has 1 atom stereocenters. The van der Waals surface area contributed by atoms with Gasteiger partial charge in [0, 0.05) is 17.3 Å². The van der Waals surface area contributed by atoms with E-state index in [-0.39, 0.29) is 5.41 Å². The van der Waals surface area contributed by atoms with Gasteiger partial charge in [0.1, 0.15) is 0 Å². The Morgan fingerprint density at radius 3 is 2.45 bits per heavy atom. The van der Waals surface area contributed by atoms with E-state index in [1.807, 2.05) is 6.20 Å². The van der Waals surface area contributed by atoms with Gasteiger partial charge in [-0.05, 0) is 12.3 Å². The van der Waals surface area contributed by atoms with Crippen molar-refractivity contribution in [2.24, 2.45) is 16.3 Å². The molecule has 1 aliphatic rings. The van der Waals surface area contributed by atoms with E-state index in [1.165, 1.54) is 5.71 Å². The first kappa shape index (κ1) is 8.51. The zero-order valence-corrected chi connectivity index (χ0v) is 7.89. The highest BCUT2D eigenvalue weighted by molar-refractivity contribution is 5.90. The SMILES string of the molecule is CC1C=CN=C(C(C)(C)C)C1. The zero-order chi connectivity index (χ0) is 8.48. The molecule has 62 valence electrons. The van der Waals surface area contributed by atoms with Crippen LogP contribution in [-0.4, -0.2) is 5.71 Å². The lowest BCUT2D eigenvalue weighted by atomic mass is 9.84. The minimum atomic E-state index is 0.249. The fourth-order valence-electron chi connectivity index (χ4n) is 1.21. The van der Waals surface area contributed by atoms with Gasteiger partial charge in [-0.3, -0.25) is 4.99 Å². The van der Waals surface area contributed by atoms with Gasteiger partial charge in [0.25, 0.3) is 0 Å². The lowest BCUT2D eigenvalue weighted by Gasteiger charge is -2.24. The van der Waals surface area contributed by atoms with Gasteiger partial charge in [0.15, 0.2) is 0 Å². The predicted octanol–water partition coefficient (Wildman–Crippen LogP) is 3.03. The summed E-state index contributed by atoms with van der Waals surface area (Å²) < 4.78 is 0. The third-order valence-electron chi connectivity index (χ3n) is 2.03. The molecule has 1 heteroatoms. The molecule has 1 aliphatic heterocycles. The molecule has 0 saturated carbocycles. The molecule has 1 unspecified atom stereocenters. The molecule has 0 N–H and O–H groups in total. The molecule has 0 saturated heterocycles. The van der Waals surface area contributed by atoms with Crippen LogP contribution in [0.4, 0.5) is 0 Å². The summed E-state index contributed by atoms with van der Waals surface area (Å²) >= 11 is 0. The molecular weight excluding hydrogens is 134 g/mol. The van der Waals surface area contributed by atoms with Crippen molar-refractivity contribution in [3.63, 3.8) is 0 Å². The molecule has 1 nitrogen and oxygen atoms in total. The summed E-state index contributed by atoms with van der Waals surface area (Å²) in [4.78, 5) is 4.39. The van der Waals surface area contributed by atoms with Crippen LogP contribution < -0.4 is 0 Å². The second-order valence-electron chi connectivity index (χ2n) is 4.35. The number of nitrogens with zero attached hydrogens (tertiary/aromatic N) is 1. The molecule has 0 aromatic rings. The smallest absolute Gasteiger partial charge is 0.0238 e. The van der Waals surface area contributed by atoms with E-state index in [9.17, 15) is 0 Å². The van der Waals surface area contributed by atoms with E-state index in [1.54, 1.807) is 0 Å². The average Bonchev–Trinajstić information content (AvgIpc) is 1.86. The number of allylic oxidation sites excluding steroid dienone is 1. The second-order valence-corrected chi connectivity index (χ2v) is 4.35. The van der Waals surface area contributed by atoms with E-state index in [4.69, 9.17) is 0 Å². The minimum Gasteiger partial charge on any atom is -0.265 e. The first-order valence-corrected chi connectivity index (χ1v) is 4.24. The lowest BCUT2D eigenvalue weighted by Crippen LogP contribution is -2.23.